The number of halogens is 1. The summed E-state index contributed by atoms with van der Waals surface area (Å²) in [6.45, 7) is 2.25. The Hall–Kier alpha value is -2.25. The molecule has 1 aliphatic rings. The lowest BCUT2D eigenvalue weighted by molar-refractivity contribution is 0.483. The van der Waals surface area contributed by atoms with Gasteiger partial charge >= 0.3 is 0 Å². The molecule has 0 fully saturated rings. The minimum Gasteiger partial charge on any atom is -0.454 e. The van der Waals surface area contributed by atoms with Crippen molar-refractivity contribution in [1.82, 2.24) is 4.72 Å². The number of anilines is 1. The zero-order valence-corrected chi connectivity index (χ0v) is 13.8. The van der Waals surface area contributed by atoms with Crippen LogP contribution in [0, 0.1) is 0 Å². The van der Waals surface area contributed by atoms with Gasteiger partial charge in [-0.25, -0.2) is 13.1 Å². The molecule has 1 aliphatic heterocycles. The summed E-state index contributed by atoms with van der Waals surface area (Å²) in [7, 11) is -3.69. The highest BCUT2D eigenvalue weighted by molar-refractivity contribution is 7.90. The van der Waals surface area contributed by atoms with Crippen LogP contribution in [0.15, 0.2) is 52.4 Å². The molecule has 0 amide bonds. The van der Waals surface area contributed by atoms with Gasteiger partial charge in [-0.15, -0.1) is 0 Å². The number of rotatable bonds is 3. The van der Waals surface area contributed by atoms with Gasteiger partial charge in [-0.1, -0.05) is 29.8 Å². The van der Waals surface area contributed by atoms with Crippen LogP contribution in [-0.2, 0) is 10.0 Å². The molecule has 0 saturated heterocycles. The molecule has 2 aromatic rings. The van der Waals surface area contributed by atoms with E-state index in [0.29, 0.717) is 28.8 Å². The van der Waals surface area contributed by atoms with Crippen LogP contribution in [0.4, 0.5) is 5.69 Å². The van der Waals surface area contributed by atoms with Crippen molar-refractivity contribution in [2.75, 3.05) is 11.9 Å². The first-order valence-electron chi connectivity index (χ1n) is 6.91. The number of para-hydroxylation sites is 2. The largest absolute Gasteiger partial charge is 0.454 e. The Morgan fingerprint density at radius 1 is 1.13 bits per heavy atom. The highest BCUT2D eigenvalue weighted by atomic mass is 35.5. The van der Waals surface area contributed by atoms with E-state index in [2.05, 4.69) is 15.0 Å². The fourth-order valence-corrected chi connectivity index (χ4v) is 3.48. The summed E-state index contributed by atoms with van der Waals surface area (Å²) in [6.07, 6.45) is 0. The predicted octanol–water partition coefficient (Wildman–Crippen LogP) is 3.21. The van der Waals surface area contributed by atoms with Crippen molar-refractivity contribution >= 4 is 33.3 Å². The Morgan fingerprint density at radius 3 is 2.61 bits per heavy atom. The first-order chi connectivity index (χ1) is 11.0. The van der Waals surface area contributed by atoms with E-state index in [1.807, 2.05) is 6.92 Å². The third-order valence-corrected chi connectivity index (χ3v) is 4.82. The molecule has 0 bridgehead atoms. The molecule has 1 heterocycles. The molecule has 8 heteroatoms. The topological polar surface area (TPSA) is 79.8 Å². The van der Waals surface area contributed by atoms with Gasteiger partial charge in [0, 0.05) is 6.54 Å². The monoisotopic (exact) mass is 351 g/mol. The first-order valence-corrected chi connectivity index (χ1v) is 8.77. The Balaban J connectivity index is 2.08. The molecular weight excluding hydrogens is 338 g/mol. The number of fused-ring (bicyclic) bond motifs is 1. The average Bonchev–Trinajstić information content (AvgIpc) is 2.50. The van der Waals surface area contributed by atoms with Gasteiger partial charge in [0.2, 0.25) is 5.96 Å². The van der Waals surface area contributed by atoms with E-state index in [0.717, 1.165) is 0 Å². The van der Waals surface area contributed by atoms with Crippen LogP contribution in [0.1, 0.15) is 6.92 Å². The van der Waals surface area contributed by atoms with Crippen molar-refractivity contribution in [2.45, 2.75) is 11.8 Å². The molecule has 0 saturated carbocycles. The number of benzene rings is 2. The van der Waals surface area contributed by atoms with Gasteiger partial charge in [0.05, 0.1) is 5.02 Å². The second kappa shape index (κ2) is 6.10. The first kappa shape index (κ1) is 15.6. The zero-order valence-electron chi connectivity index (χ0n) is 12.2. The zero-order chi connectivity index (χ0) is 16.4. The fourth-order valence-electron chi connectivity index (χ4n) is 2.15. The molecule has 2 N–H and O–H groups in total. The van der Waals surface area contributed by atoms with Crippen LogP contribution in [0.2, 0.25) is 5.02 Å². The molecule has 0 radical (unpaired) electrons. The summed E-state index contributed by atoms with van der Waals surface area (Å²) in [5.41, 5.74) is 0.332. The predicted molar refractivity (Wildman–Crippen MR) is 89.9 cm³/mol. The summed E-state index contributed by atoms with van der Waals surface area (Å²) in [5.74, 6) is 0.953. The summed E-state index contributed by atoms with van der Waals surface area (Å²) in [4.78, 5) is 4.17. The van der Waals surface area contributed by atoms with E-state index >= 15 is 0 Å². The maximum absolute atomic E-state index is 12.3. The van der Waals surface area contributed by atoms with E-state index in [4.69, 9.17) is 16.3 Å². The minimum atomic E-state index is -3.69. The third-order valence-electron chi connectivity index (χ3n) is 3.12. The molecule has 120 valence electrons. The maximum atomic E-state index is 12.3. The van der Waals surface area contributed by atoms with Crippen molar-refractivity contribution in [2.24, 2.45) is 4.99 Å². The quantitative estimate of drug-likeness (QED) is 0.889. The number of guanidine groups is 1. The Labute approximate surface area is 139 Å². The van der Waals surface area contributed by atoms with Crippen LogP contribution in [0.3, 0.4) is 0 Å². The van der Waals surface area contributed by atoms with E-state index < -0.39 is 10.0 Å². The fraction of sp³-hybridized carbons (Fsp3) is 0.133. The van der Waals surface area contributed by atoms with Crippen molar-refractivity contribution in [3.05, 3.63) is 47.5 Å². The van der Waals surface area contributed by atoms with Crippen molar-refractivity contribution in [1.29, 1.82) is 0 Å². The molecule has 0 aromatic heterocycles. The molecule has 0 atom stereocenters. The lowest BCUT2D eigenvalue weighted by atomic mass is 10.3. The second-order valence-corrected chi connectivity index (χ2v) is 6.77. The van der Waals surface area contributed by atoms with E-state index in [1.54, 1.807) is 36.4 Å². The lowest BCUT2D eigenvalue weighted by Gasteiger charge is -2.23. The van der Waals surface area contributed by atoms with Crippen LogP contribution >= 0.6 is 11.6 Å². The number of sulfonamides is 1. The van der Waals surface area contributed by atoms with E-state index in [-0.39, 0.29) is 10.9 Å². The molecule has 0 spiro atoms. The van der Waals surface area contributed by atoms with Crippen molar-refractivity contribution in [3.63, 3.8) is 0 Å². The average molecular weight is 352 g/mol. The van der Waals surface area contributed by atoms with Crippen LogP contribution in [0.5, 0.6) is 11.5 Å². The normalized spacial score (nSPS) is 17.0. The number of hydrogen-bond acceptors (Lipinski definition) is 4. The number of hydrogen-bond donors (Lipinski definition) is 2. The van der Waals surface area contributed by atoms with E-state index in [1.165, 1.54) is 6.07 Å². The van der Waals surface area contributed by atoms with Crippen LogP contribution in [0.25, 0.3) is 0 Å². The number of nitrogens with one attached hydrogen (secondary N) is 2. The van der Waals surface area contributed by atoms with Crippen LogP contribution < -0.4 is 14.8 Å². The lowest BCUT2D eigenvalue weighted by Crippen LogP contribution is -2.40. The Bertz CT molecular complexity index is 881. The van der Waals surface area contributed by atoms with Gasteiger partial charge < -0.3 is 10.1 Å². The van der Waals surface area contributed by atoms with Crippen LogP contribution in [-0.4, -0.2) is 20.9 Å². The second-order valence-electron chi connectivity index (χ2n) is 4.72. The third kappa shape index (κ3) is 3.11. The maximum Gasteiger partial charge on any atom is 0.266 e. The molecule has 23 heavy (non-hydrogen) atoms. The van der Waals surface area contributed by atoms with Gasteiger partial charge in [-0.3, -0.25) is 4.99 Å². The van der Waals surface area contributed by atoms with Gasteiger partial charge in [-0.2, -0.15) is 0 Å². The summed E-state index contributed by atoms with van der Waals surface area (Å²) in [6, 6.07) is 11.7. The molecule has 0 aliphatic carbocycles. The van der Waals surface area contributed by atoms with Crippen molar-refractivity contribution < 1.29 is 13.2 Å². The standard InChI is InChI=1S/C15H14ClN3O3S/c1-2-17-15-18-14-12(22-11-7-4-3-6-10(11)16)8-5-9-13(14)23(20,21)19-15/h3-9H,2H2,1H3,(H2,17,18,19). The Kier molecular flexibility index (Phi) is 4.14. The highest BCUT2D eigenvalue weighted by Gasteiger charge is 2.29. The highest BCUT2D eigenvalue weighted by Crippen LogP contribution is 2.38. The van der Waals surface area contributed by atoms with Gasteiger partial charge in [0.15, 0.2) is 5.75 Å². The van der Waals surface area contributed by atoms with Gasteiger partial charge in [0.1, 0.15) is 16.3 Å². The number of aliphatic imine (C=N–C) groups is 1. The minimum absolute atomic E-state index is 0.0945. The number of nitrogens with zero attached hydrogens (tertiary/aromatic N) is 1. The van der Waals surface area contributed by atoms with Gasteiger partial charge in [-0.05, 0) is 31.2 Å². The van der Waals surface area contributed by atoms with E-state index in [9.17, 15) is 8.42 Å². The smallest absolute Gasteiger partial charge is 0.266 e. The SMILES string of the molecule is CCN=C1Nc2c(Oc3ccccc3Cl)cccc2S(=O)(=O)N1. The summed E-state index contributed by atoms with van der Waals surface area (Å²) in [5, 5.41) is 3.39. The molecule has 6 nitrogen and oxygen atoms in total. The van der Waals surface area contributed by atoms with Crippen molar-refractivity contribution in [3.8, 4) is 11.5 Å². The molecule has 3 rings (SSSR count). The molecule has 0 unspecified atom stereocenters. The molecule has 2 aromatic carbocycles. The van der Waals surface area contributed by atoms with Gasteiger partial charge in [0.25, 0.3) is 10.0 Å². The number of ether oxygens (including phenoxy) is 1. The summed E-state index contributed by atoms with van der Waals surface area (Å²) < 4.78 is 32.8. The molecular formula is C15H14ClN3O3S. The Morgan fingerprint density at radius 2 is 1.87 bits per heavy atom. The summed E-state index contributed by atoms with van der Waals surface area (Å²) >= 11 is 6.09.